The van der Waals surface area contributed by atoms with Gasteiger partial charge in [-0.1, -0.05) is 37.3 Å². The number of carboxylic acid groups (broad SMARTS) is 1. The zero-order chi connectivity index (χ0) is 20.1. The number of aliphatic carboxylic acids is 1. The van der Waals surface area contributed by atoms with Gasteiger partial charge in [-0.15, -0.1) is 11.3 Å². The Balaban J connectivity index is 1.65. The number of thiophene rings is 1. The third-order valence-electron chi connectivity index (χ3n) is 5.22. The molecule has 0 bridgehead atoms. The number of rotatable bonds is 6. The second-order valence-electron chi connectivity index (χ2n) is 7.00. The number of imidazole rings is 1. The van der Waals surface area contributed by atoms with E-state index in [2.05, 4.69) is 9.71 Å². The van der Waals surface area contributed by atoms with E-state index in [9.17, 15) is 18.3 Å². The van der Waals surface area contributed by atoms with E-state index in [1.54, 1.807) is 30.1 Å². The smallest absolute Gasteiger partial charge is 0.325 e. The molecule has 0 amide bonds. The van der Waals surface area contributed by atoms with Crippen molar-refractivity contribution in [1.29, 1.82) is 0 Å². The number of hydrogen-bond donors (Lipinski definition) is 2. The van der Waals surface area contributed by atoms with E-state index in [0.717, 1.165) is 16.9 Å². The van der Waals surface area contributed by atoms with Gasteiger partial charge in [-0.05, 0) is 23.6 Å². The molecule has 0 saturated heterocycles. The SMILES string of the molecule is CC1[C@@H](c2ccccc2)[C@]1(NS(=O)(=O)c1ccc(-c2cn(C)cn2)s1)C(=O)O. The molecule has 2 N–H and O–H groups in total. The average Bonchev–Trinajstić information content (AvgIpc) is 3.06. The number of carboxylic acids is 1. The van der Waals surface area contributed by atoms with E-state index in [4.69, 9.17) is 0 Å². The van der Waals surface area contributed by atoms with Crippen molar-refractivity contribution in [2.24, 2.45) is 13.0 Å². The number of nitrogens with one attached hydrogen (secondary N) is 1. The quantitative estimate of drug-likeness (QED) is 0.642. The lowest BCUT2D eigenvalue weighted by Gasteiger charge is -2.15. The first-order valence-corrected chi connectivity index (χ1v) is 11.0. The highest BCUT2D eigenvalue weighted by Gasteiger charge is 2.70. The van der Waals surface area contributed by atoms with Crippen molar-refractivity contribution in [3.63, 3.8) is 0 Å². The topological polar surface area (TPSA) is 101 Å². The lowest BCUT2D eigenvalue weighted by atomic mass is 10.1. The summed E-state index contributed by atoms with van der Waals surface area (Å²) in [5, 5.41) is 9.87. The summed E-state index contributed by atoms with van der Waals surface area (Å²) in [6, 6.07) is 12.3. The molecule has 1 saturated carbocycles. The molecule has 0 radical (unpaired) electrons. The van der Waals surface area contributed by atoms with Crippen molar-refractivity contribution >= 4 is 27.3 Å². The minimum Gasteiger partial charge on any atom is -0.480 e. The fraction of sp³-hybridized carbons (Fsp3) is 0.263. The maximum absolute atomic E-state index is 13.0. The first kappa shape index (κ1) is 18.9. The summed E-state index contributed by atoms with van der Waals surface area (Å²) < 4.78 is 30.3. The molecule has 146 valence electrons. The highest BCUT2D eigenvalue weighted by atomic mass is 32.2. The van der Waals surface area contributed by atoms with Crippen LogP contribution in [-0.2, 0) is 21.9 Å². The molecule has 0 spiro atoms. The molecule has 0 aliphatic heterocycles. The molecule has 1 aliphatic carbocycles. The number of benzene rings is 1. The van der Waals surface area contributed by atoms with Crippen LogP contribution in [0, 0.1) is 5.92 Å². The van der Waals surface area contributed by atoms with E-state index in [1.165, 1.54) is 6.07 Å². The second kappa shape index (κ2) is 6.54. The van der Waals surface area contributed by atoms with Crippen molar-refractivity contribution in [2.45, 2.75) is 22.6 Å². The largest absolute Gasteiger partial charge is 0.480 e. The van der Waals surface area contributed by atoms with Crippen molar-refractivity contribution in [3.8, 4) is 10.6 Å². The van der Waals surface area contributed by atoms with Crippen LogP contribution in [0.25, 0.3) is 10.6 Å². The molecule has 1 aliphatic rings. The molecule has 4 rings (SSSR count). The molecule has 1 aromatic carbocycles. The van der Waals surface area contributed by atoms with Gasteiger partial charge < -0.3 is 9.67 Å². The number of hydrogen-bond acceptors (Lipinski definition) is 5. The highest BCUT2D eigenvalue weighted by Crippen LogP contribution is 2.58. The molecule has 7 nitrogen and oxygen atoms in total. The monoisotopic (exact) mass is 417 g/mol. The lowest BCUT2D eigenvalue weighted by molar-refractivity contribution is -0.140. The number of nitrogens with zero attached hydrogens (tertiary/aromatic N) is 2. The van der Waals surface area contributed by atoms with Gasteiger partial charge in [-0.3, -0.25) is 4.79 Å². The molecule has 3 aromatic rings. The Hall–Kier alpha value is -2.49. The van der Waals surface area contributed by atoms with Crippen LogP contribution < -0.4 is 4.72 Å². The summed E-state index contributed by atoms with van der Waals surface area (Å²) in [7, 11) is -2.17. The minimum atomic E-state index is -4.00. The summed E-state index contributed by atoms with van der Waals surface area (Å²) in [6.07, 6.45) is 3.43. The van der Waals surface area contributed by atoms with Gasteiger partial charge in [-0.25, -0.2) is 13.4 Å². The third kappa shape index (κ3) is 2.95. The molecular formula is C19H19N3O4S2. The van der Waals surface area contributed by atoms with E-state index in [0.29, 0.717) is 10.6 Å². The highest BCUT2D eigenvalue weighted by molar-refractivity contribution is 7.91. The molecule has 3 atom stereocenters. The Bertz CT molecular complexity index is 1140. The molecular weight excluding hydrogens is 398 g/mol. The average molecular weight is 418 g/mol. The van der Waals surface area contributed by atoms with Gasteiger partial charge in [0.2, 0.25) is 0 Å². The molecule has 9 heteroatoms. The Morgan fingerprint density at radius 3 is 2.57 bits per heavy atom. The molecule has 2 aromatic heterocycles. The van der Waals surface area contributed by atoms with E-state index >= 15 is 0 Å². The Kier molecular flexibility index (Phi) is 4.40. The van der Waals surface area contributed by atoms with Crippen LogP contribution in [0.3, 0.4) is 0 Å². The number of aryl methyl sites for hydroxylation is 1. The predicted molar refractivity (Wildman–Crippen MR) is 106 cm³/mol. The van der Waals surface area contributed by atoms with E-state index in [1.807, 2.05) is 37.4 Å². The maximum atomic E-state index is 13.0. The Morgan fingerprint density at radius 1 is 1.25 bits per heavy atom. The van der Waals surface area contributed by atoms with Gasteiger partial charge in [0.25, 0.3) is 10.0 Å². The second-order valence-corrected chi connectivity index (χ2v) is 9.99. The first-order chi connectivity index (χ1) is 13.3. The number of sulfonamides is 1. The standard InChI is InChI=1S/C19H19N3O4S2/c1-12-17(13-6-4-3-5-7-13)19(12,18(23)24)21-28(25,26)16-9-8-15(27-16)14-10-22(2)11-20-14/h3-12,17,21H,1-2H3,(H,23,24)/t12?,17-,19-/m0/s1. The van der Waals surface area contributed by atoms with E-state index < -0.39 is 27.4 Å². The fourth-order valence-electron chi connectivity index (χ4n) is 3.72. The van der Waals surface area contributed by atoms with Crippen LogP contribution >= 0.6 is 11.3 Å². The van der Waals surface area contributed by atoms with Crippen LogP contribution in [0.4, 0.5) is 0 Å². The summed E-state index contributed by atoms with van der Waals surface area (Å²) in [5.41, 5.74) is -0.0701. The first-order valence-electron chi connectivity index (χ1n) is 8.66. The summed E-state index contributed by atoms with van der Waals surface area (Å²) in [5.74, 6) is -1.95. The predicted octanol–water partition coefficient (Wildman–Crippen LogP) is 2.68. The van der Waals surface area contributed by atoms with Crippen molar-refractivity contribution in [2.75, 3.05) is 0 Å². The summed E-state index contributed by atoms with van der Waals surface area (Å²) >= 11 is 1.07. The minimum absolute atomic E-state index is 0.0692. The fourth-order valence-corrected chi connectivity index (χ4v) is 6.44. The van der Waals surface area contributed by atoms with Crippen molar-refractivity contribution in [1.82, 2.24) is 14.3 Å². The summed E-state index contributed by atoms with van der Waals surface area (Å²) in [6.45, 7) is 1.75. The van der Waals surface area contributed by atoms with Gasteiger partial charge in [-0.2, -0.15) is 4.72 Å². The van der Waals surface area contributed by atoms with E-state index in [-0.39, 0.29) is 10.1 Å². The number of carbonyl (C=O) groups is 1. The van der Waals surface area contributed by atoms with Gasteiger partial charge in [0.1, 0.15) is 9.75 Å². The lowest BCUT2D eigenvalue weighted by Crippen LogP contribution is -2.45. The van der Waals surface area contributed by atoms with Crippen LogP contribution in [0.2, 0.25) is 0 Å². The van der Waals surface area contributed by atoms with Gasteiger partial charge in [0.15, 0.2) is 0 Å². The zero-order valence-electron chi connectivity index (χ0n) is 15.2. The van der Waals surface area contributed by atoms with Crippen LogP contribution in [0.1, 0.15) is 18.4 Å². The van der Waals surface area contributed by atoms with Gasteiger partial charge in [0, 0.05) is 19.2 Å². The maximum Gasteiger partial charge on any atom is 0.325 e. The number of aromatic nitrogens is 2. The Morgan fingerprint density at radius 2 is 1.96 bits per heavy atom. The van der Waals surface area contributed by atoms with Crippen molar-refractivity contribution in [3.05, 3.63) is 60.6 Å². The zero-order valence-corrected chi connectivity index (χ0v) is 16.9. The molecule has 1 fully saturated rings. The third-order valence-corrected chi connectivity index (χ3v) is 8.30. The van der Waals surface area contributed by atoms with Gasteiger partial charge >= 0.3 is 5.97 Å². The van der Waals surface area contributed by atoms with Gasteiger partial charge in [0.05, 0.1) is 16.9 Å². The van der Waals surface area contributed by atoms with Crippen LogP contribution in [0.15, 0.2) is 59.2 Å². The van der Waals surface area contributed by atoms with Crippen molar-refractivity contribution < 1.29 is 18.3 Å². The van der Waals surface area contributed by atoms with Crippen LogP contribution in [-0.4, -0.2) is 34.6 Å². The Labute approximate surface area is 166 Å². The van der Waals surface area contributed by atoms with Crippen LogP contribution in [0.5, 0.6) is 0 Å². The molecule has 2 heterocycles. The normalized spacial score (nSPS) is 24.2. The molecule has 1 unspecified atom stereocenters. The summed E-state index contributed by atoms with van der Waals surface area (Å²) in [4.78, 5) is 17.0. The molecule has 28 heavy (non-hydrogen) atoms.